The Labute approximate surface area is 139 Å². The number of hydrogen-bond acceptors (Lipinski definition) is 3. The number of hydrogen-bond donors (Lipinski definition) is 2. The lowest BCUT2D eigenvalue weighted by Gasteiger charge is -2.18. The molecule has 2 N–H and O–H groups in total. The van der Waals surface area contributed by atoms with E-state index in [1.54, 1.807) is 7.05 Å². The monoisotopic (exact) mass is 319 g/mol. The van der Waals surface area contributed by atoms with E-state index in [0.717, 1.165) is 38.2 Å². The van der Waals surface area contributed by atoms with Gasteiger partial charge < -0.3 is 15.4 Å². The number of guanidine groups is 1. The molecule has 128 valence electrons. The second kappa shape index (κ2) is 11.5. The number of aliphatic imine (C=N–C) groups is 1. The average molecular weight is 319 g/mol. The van der Waals surface area contributed by atoms with Gasteiger partial charge in [-0.25, -0.2) is 0 Å². The molecule has 5 heteroatoms. The number of benzene rings is 1. The van der Waals surface area contributed by atoms with Gasteiger partial charge in [0, 0.05) is 20.0 Å². The summed E-state index contributed by atoms with van der Waals surface area (Å²) in [7, 11) is 3.21. The Morgan fingerprint density at radius 2 is 1.87 bits per heavy atom. The summed E-state index contributed by atoms with van der Waals surface area (Å²) in [4.78, 5) is 15.2. The number of rotatable bonds is 9. The minimum absolute atomic E-state index is 0.123. The highest BCUT2D eigenvalue weighted by atomic mass is 16.5. The first kappa shape index (κ1) is 19.0. The summed E-state index contributed by atoms with van der Waals surface area (Å²) in [6.07, 6.45) is 4.60. The molecule has 0 aliphatic rings. The molecule has 1 aromatic rings. The maximum Gasteiger partial charge on any atom is 0.305 e. The highest BCUT2D eigenvalue weighted by Crippen LogP contribution is 2.10. The van der Waals surface area contributed by atoms with Crippen molar-refractivity contribution in [3.8, 4) is 0 Å². The van der Waals surface area contributed by atoms with Gasteiger partial charge in [-0.2, -0.15) is 0 Å². The summed E-state index contributed by atoms with van der Waals surface area (Å²) in [6, 6.07) is 10.5. The number of esters is 1. The topological polar surface area (TPSA) is 62.7 Å². The first-order valence-corrected chi connectivity index (χ1v) is 8.26. The molecular formula is C18H29N3O2. The van der Waals surface area contributed by atoms with Crippen molar-refractivity contribution in [2.24, 2.45) is 4.99 Å². The molecule has 0 fully saturated rings. The van der Waals surface area contributed by atoms with Crippen molar-refractivity contribution in [2.45, 2.75) is 45.1 Å². The number of unbranched alkanes of at least 4 members (excludes halogenated alkanes) is 3. The van der Waals surface area contributed by atoms with Crippen LogP contribution < -0.4 is 10.6 Å². The van der Waals surface area contributed by atoms with Crippen molar-refractivity contribution < 1.29 is 9.53 Å². The standard InChI is InChI=1S/C18H29N3O2/c1-15(16-11-7-6-8-12-16)21-18(19-2)20-14-10-5-4-9-13-17(22)23-3/h6-8,11-12,15H,4-5,9-10,13-14H2,1-3H3,(H2,19,20,21). The van der Waals surface area contributed by atoms with Crippen LogP contribution in [0, 0.1) is 0 Å². The van der Waals surface area contributed by atoms with Crippen LogP contribution in [0.2, 0.25) is 0 Å². The van der Waals surface area contributed by atoms with E-state index in [2.05, 4.69) is 39.4 Å². The first-order chi connectivity index (χ1) is 11.2. The van der Waals surface area contributed by atoms with E-state index in [-0.39, 0.29) is 12.0 Å². The molecule has 5 nitrogen and oxygen atoms in total. The normalized spacial score (nSPS) is 12.6. The van der Waals surface area contributed by atoms with Crippen LogP contribution in [0.5, 0.6) is 0 Å². The molecular weight excluding hydrogens is 290 g/mol. The third-order valence-electron chi connectivity index (χ3n) is 3.70. The molecule has 0 aliphatic carbocycles. The maximum absolute atomic E-state index is 11.0. The fraction of sp³-hybridized carbons (Fsp3) is 0.556. The molecule has 0 heterocycles. The van der Waals surface area contributed by atoms with Crippen molar-refractivity contribution in [3.63, 3.8) is 0 Å². The fourth-order valence-electron chi connectivity index (χ4n) is 2.28. The van der Waals surface area contributed by atoms with E-state index >= 15 is 0 Å². The molecule has 1 atom stereocenters. The van der Waals surface area contributed by atoms with E-state index in [4.69, 9.17) is 0 Å². The summed E-state index contributed by atoms with van der Waals surface area (Å²) in [6.45, 7) is 2.99. The van der Waals surface area contributed by atoms with Gasteiger partial charge in [-0.3, -0.25) is 9.79 Å². The largest absolute Gasteiger partial charge is 0.469 e. The van der Waals surface area contributed by atoms with E-state index < -0.39 is 0 Å². The third kappa shape index (κ3) is 8.24. The van der Waals surface area contributed by atoms with Gasteiger partial charge in [0.15, 0.2) is 5.96 Å². The zero-order chi connectivity index (χ0) is 16.9. The number of methoxy groups -OCH3 is 1. The first-order valence-electron chi connectivity index (χ1n) is 8.26. The van der Waals surface area contributed by atoms with Gasteiger partial charge >= 0.3 is 5.97 Å². The predicted molar refractivity (Wildman–Crippen MR) is 94.5 cm³/mol. The van der Waals surface area contributed by atoms with Gasteiger partial charge in [0.25, 0.3) is 0 Å². The average Bonchev–Trinajstić information content (AvgIpc) is 2.60. The summed E-state index contributed by atoms with van der Waals surface area (Å²) in [5.41, 5.74) is 1.23. The van der Waals surface area contributed by atoms with Crippen LogP contribution in [0.25, 0.3) is 0 Å². The molecule has 0 spiro atoms. The molecule has 1 rings (SSSR count). The Morgan fingerprint density at radius 3 is 2.52 bits per heavy atom. The number of carbonyl (C=O) groups is 1. The molecule has 0 amide bonds. The zero-order valence-corrected chi connectivity index (χ0v) is 14.5. The van der Waals surface area contributed by atoms with Gasteiger partial charge in [0.2, 0.25) is 0 Å². The quantitative estimate of drug-likeness (QED) is 0.318. The van der Waals surface area contributed by atoms with Crippen molar-refractivity contribution in [3.05, 3.63) is 35.9 Å². The minimum Gasteiger partial charge on any atom is -0.469 e. The third-order valence-corrected chi connectivity index (χ3v) is 3.70. The molecule has 0 saturated heterocycles. The van der Waals surface area contributed by atoms with Crippen molar-refractivity contribution >= 4 is 11.9 Å². The van der Waals surface area contributed by atoms with Gasteiger partial charge in [-0.15, -0.1) is 0 Å². The van der Waals surface area contributed by atoms with E-state index in [0.29, 0.717) is 6.42 Å². The molecule has 0 bridgehead atoms. The van der Waals surface area contributed by atoms with Crippen LogP contribution >= 0.6 is 0 Å². The van der Waals surface area contributed by atoms with E-state index in [1.807, 2.05) is 18.2 Å². The zero-order valence-electron chi connectivity index (χ0n) is 14.5. The second-order valence-corrected chi connectivity index (χ2v) is 5.52. The van der Waals surface area contributed by atoms with Crippen LogP contribution in [-0.2, 0) is 9.53 Å². The van der Waals surface area contributed by atoms with Crippen LogP contribution in [-0.4, -0.2) is 32.6 Å². The van der Waals surface area contributed by atoms with Gasteiger partial charge in [0.05, 0.1) is 13.2 Å². The summed E-state index contributed by atoms with van der Waals surface area (Å²) >= 11 is 0. The van der Waals surface area contributed by atoms with Crippen LogP contribution in [0.4, 0.5) is 0 Å². The van der Waals surface area contributed by atoms with Crippen molar-refractivity contribution in [2.75, 3.05) is 20.7 Å². The fourth-order valence-corrected chi connectivity index (χ4v) is 2.28. The predicted octanol–water partition coefficient (Wildman–Crippen LogP) is 3.04. The Kier molecular flexibility index (Phi) is 9.52. The Hall–Kier alpha value is -2.04. The van der Waals surface area contributed by atoms with Crippen LogP contribution in [0.15, 0.2) is 35.3 Å². The van der Waals surface area contributed by atoms with Gasteiger partial charge in [-0.05, 0) is 25.3 Å². The van der Waals surface area contributed by atoms with Crippen molar-refractivity contribution in [1.82, 2.24) is 10.6 Å². The molecule has 0 aromatic heterocycles. The lowest BCUT2D eigenvalue weighted by molar-refractivity contribution is -0.140. The smallest absolute Gasteiger partial charge is 0.305 e. The Morgan fingerprint density at radius 1 is 1.17 bits per heavy atom. The van der Waals surface area contributed by atoms with Gasteiger partial charge in [-0.1, -0.05) is 43.2 Å². The number of carbonyl (C=O) groups excluding carboxylic acids is 1. The molecule has 0 radical (unpaired) electrons. The minimum atomic E-state index is -0.123. The SMILES string of the molecule is CN=C(NCCCCCCC(=O)OC)NC(C)c1ccccc1. The lowest BCUT2D eigenvalue weighted by Crippen LogP contribution is -2.39. The number of nitrogens with zero attached hydrogens (tertiary/aromatic N) is 1. The van der Waals surface area contributed by atoms with Crippen LogP contribution in [0.3, 0.4) is 0 Å². The highest BCUT2D eigenvalue weighted by molar-refractivity contribution is 5.80. The molecule has 1 aromatic carbocycles. The van der Waals surface area contributed by atoms with Crippen LogP contribution in [0.1, 0.15) is 50.6 Å². The van der Waals surface area contributed by atoms with Crippen molar-refractivity contribution in [1.29, 1.82) is 0 Å². The summed E-state index contributed by atoms with van der Waals surface area (Å²) in [5, 5.41) is 6.71. The summed E-state index contributed by atoms with van der Waals surface area (Å²) in [5.74, 6) is 0.693. The molecule has 1 unspecified atom stereocenters. The van der Waals surface area contributed by atoms with E-state index in [1.165, 1.54) is 12.7 Å². The molecule has 0 saturated carbocycles. The van der Waals surface area contributed by atoms with Gasteiger partial charge in [0.1, 0.15) is 0 Å². The maximum atomic E-state index is 11.0. The van der Waals surface area contributed by atoms with E-state index in [9.17, 15) is 4.79 Å². The number of nitrogens with one attached hydrogen (secondary N) is 2. The Balaban J connectivity index is 2.16. The summed E-state index contributed by atoms with van der Waals surface area (Å²) < 4.78 is 4.62. The highest BCUT2D eigenvalue weighted by Gasteiger charge is 2.06. The second-order valence-electron chi connectivity index (χ2n) is 5.52. The molecule has 23 heavy (non-hydrogen) atoms. The Bertz CT molecular complexity index is 474. The lowest BCUT2D eigenvalue weighted by atomic mass is 10.1. The molecule has 0 aliphatic heterocycles. The number of ether oxygens (including phenoxy) is 1.